The maximum atomic E-state index is 11.9. The summed E-state index contributed by atoms with van der Waals surface area (Å²) in [5, 5.41) is 5.19. The quantitative estimate of drug-likeness (QED) is 0.816. The number of rotatable bonds is 7. The molecule has 6 nitrogen and oxygen atoms in total. The van der Waals surface area contributed by atoms with Crippen LogP contribution in [0.4, 0.5) is 5.69 Å². The Morgan fingerprint density at radius 1 is 0.917 bits per heavy atom. The highest BCUT2D eigenvalue weighted by molar-refractivity contribution is 5.92. The van der Waals surface area contributed by atoms with E-state index in [0.29, 0.717) is 17.2 Å². The van der Waals surface area contributed by atoms with Gasteiger partial charge in [-0.05, 0) is 31.2 Å². The Morgan fingerprint density at radius 2 is 1.58 bits per heavy atom. The number of nitrogens with one attached hydrogen (secondary N) is 2. The molecule has 126 valence electrons. The van der Waals surface area contributed by atoms with Gasteiger partial charge in [0.05, 0.1) is 0 Å². The van der Waals surface area contributed by atoms with Crippen molar-refractivity contribution >= 4 is 17.5 Å². The normalized spacial score (nSPS) is 9.92. The lowest BCUT2D eigenvalue weighted by molar-refractivity contribution is -0.122. The van der Waals surface area contributed by atoms with E-state index in [1.165, 1.54) is 7.05 Å². The van der Waals surface area contributed by atoms with Gasteiger partial charge in [0.2, 0.25) is 0 Å². The highest BCUT2D eigenvalue weighted by Gasteiger charge is 2.06. The van der Waals surface area contributed by atoms with Crippen molar-refractivity contribution in [3.05, 3.63) is 54.1 Å². The molecule has 0 aliphatic heterocycles. The summed E-state index contributed by atoms with van der Waals surface area (Å²) >= 11 is 0. The molecule has 2 aromatic rings. The van der Waals surface area contributed by atoms with E-state index in [0.717, 1.165) is 5.56 Å². The van der Waals surface area contributed by atoms with E-state index in [2.05, 4.69) is 10.6 Å². The van der Waals surface area contributed by atoms with Crippen molar-refractivity contribution < 1.29 is 19.1 Å². The second-order valence-electron chi connectivity index (χ2n) is 5.14. The Morgan fingerprint density at radius 3 is 2.29 bits per heavy atom. The fourth-order valence-corrected chi connectivity index (χ4v) is 1.87. The molecule has 0 saturated carbocycles. The minimum Gasteiger partial charge on any atom is -0.484 e. The zero-order valence-electron chi connectivity index (χ0n) is 13.7. The standard InChI is InChI=1S/C18H20N2O4/c1-13-6-8-15(9-7-13)23-12-18(22)20-14-4-3-5-16(10-14)24-11-17(21)19-2/h3-10H,11-12H2,1-2H3,(H,19,21)(H,20,22). The van der Waals surface area contributed by atoms with Gasteiger partial charge in [-0.3, -0.25) is 9.59 Å². The zero-order chi connectivity index (χ0) is 17.4. The second kappa shape index (κ2) is 8.57. The van der Waals surface area contributed by atoms with Crippen molar-refractivity contribution in [2.75, 3.05) is 25.6 Å². The summed E-state index contributed by atoms with van der Waals surface area (Å²) in [6, 6.07) is 14.3. The summed E-state index contributed by atoms with van der Waals surface area (Å²) in [7, 11) is 1.54. The molecular formula is C18H20N2O4. The van der Waals surface area contributed by atoms with Crippen molar-refractivity contribution in [3.8, 4) is 11.5 Å². The molecule has 2 amide bonds. The number of amides is 2. The number of likely N-dealkylation sites (N-methyl/N-ethyl adjacent to an activating group) is 1. The molecular weight excluding hydrogens is 308 g/mol. The molecule has 0 aliphatic carbocycles. The Kier molecular flexibility index (Phi) is 6.19. The molecule has 24 heavy (non-hydrogen) atoms. The summed E-state index contributed by atoms with van der Waals surface area (Å²) in [5.41, 5.74) is 1.70. The molecule has 0 heterocycles. The molecule has 0 atom stereocenters. The van der Waals surface area contributed by atoms with Gasteiger partial charge in [0, 0.05) is 18.8 Å². The Bertz CT molecular complexity index is 698. The van der Waals surface area contributed by atoms with E-state index in [1.54, 1.807) is 24.3 Å². The summed E-state index contributed by atoms with van der Waals surface area (Å²) < 4.78 is 10.7. The van der Waals surface area contributed by atoms with E-state index in [-0.39, 0.29) is 25.0 Å². The number of anilines is 1. The van der Waals surface area contributed by atoms with Crippen LogP contribution in [-0.4, -0.2) is 32.1 Å². The highest BCUT2D eigenvalue weighted by atomic mass is 16.5. The number of carbonyl (C=O) groups excluding carboxylic acids is 2. The molecule has 0 radical (unpaired) electrons. The number of benzene rings is 2. The van der Waals surface area contributed by atoms with Crippen LogP contribution < -0.4 is 20.1 Å². The minimum absolute atomic E-state index is 0.0789. The smallest absolute Gasteiger partial charge is 0.262 e. The van der Waals surface area contributed by atoms with E-state index in [9.17, 15) is 9.59 Å². The largest absolute Gasteiger partial charge is 0.484 e. The summed E-state index contributed by atoms with van der Waals surface area (Å²) in [4.78, 5) is 23.1. The molecule has 2 N–H and O–H groups in total. The maximum absolute atomic E-state index is 11.9. The number of carbonyl (C=O) groups is 2. The summed E-state index contributed by atoms with van der Waals surface area (Å²) in [6.45, 7) is 1.81. The lowest BCUT2D eigenvalue weighted by atomic mass is 10.2. The van der Waals surface area contributed by atoms with E-state index in [1.807, 2.05) is 31.2 Å². The van der Waals surface area contributed by atoms with Crippen LogP contribution in [0.1, 0.15) is 5.56 Å². The fourth-order valence-electron chi connectivity index (χ4n) is 1.87. The minimum atomic E-state index is -0.279. The first-order valence-corrected chi connectivity index (χ1v) is 7.49. The molecule has 0 bridgehead atoms. The SMILES string of the molecule is CNC(=O)COc1cccc(NC(=O)COc2ccc(C)cc2)c1. The van der Waals surface area contributed by atoms with Crippen molar-refractivity contribution in [1.82, 2.24) is 5.32 Å². The molecule has 0 spiro atoms. The van der Waals surface area contributed by atoms with Gasteiger partial charge in [-0.1, -0.05) is 23.8 Å². The van der Waals surface area contributed by atoms with Gasteiger partial charge in [0.15, 0.2) is 13.2 Å². The van der Waals surface area contributed by atoms with Gasteiger partial charge in [-0.15, -0.1) is 0 Å². The Balaban J connectivity index is 1.84. The van der Waals surface area contributed by atoms with Crippen LogP contribution in [0.15, 0.2) is 48.5 Å². The molecule has 0 aliphatic rings. The molecule has 0 aromatic heterocycles. The van der Waals surface area contributed by atoms with E-state index < -0.39 is 0 Å². The molecule has 0 fully saturated rings. The maximum Gasteiger partial charge on any atom is 0.262 e. The number of ether oxygens (including phenoxy) is 2. The monoisotopic (exact) mass is 328 g/mol. The van der Waals surface area contributed by atoms with Crippen LogP contribution >= 0.6 is 0 Å². The predicted molar refractivity (Wildman–Crippen MR) is 91.3 cm³/mol. The summed E-state index contributed by atoms with van der Waals surface area (Å²) in [6.07, 6.45) is 0. The fraction of sp³-hybridized carbons (Fsp3) is 0.222. The first-order valence-electron chi connectivity index (χ1n) is 7.49. The van der Waals surface area contributed by atoms with Crippen molar-refractivity contribution in [2.45, 2.75) is 6.92 Å². The average molecular weight is 328 g/mol. The van der Waals surface area contributed by atoms with Crippen molar-refractivity contribution in [1.29, 1.82) is 0 Å². The van der Waals surface area contributed by atoms with E-state index in [4.69, 9.17) is 9.47 Å². The van der Waals surface area contributed by atoms with Gasteiger partial charge in [0.1, 0.15) is 11.5 Å². The molecule has 6 heteroatoms. The number of hydrogen-bond donors (Lipinski definition) is 2. The third-order valence-electron chi connectivity index (χ3n) is 3.16. The molecule has 0 saturated heterocycles. The average Bonchev–Trinajstić information content (AvgIpc) is 2.59. The number of aryl methyl sites for hydroxylation is 1. The number of hydrogen-bond acceptors (Lipinski definition) is 4. The van der Waals surface area contributed by atoms with Crippen molar-refractivity contribution in [2.24, 2.45) is 0 Å². The van der Waals surface area contributed by atoms with Crippen LogP contribution in [-0.2, 0) is 9.59 Å². The Hall–Kier alpha value is -3.02. The van der Waals surface area contributed by atoms with Gasteiger partial charge in [-0.25, -0.2) is 0 Å². The first kappa shape index (κ1) is 17.3. The third kappa shape index (κ3) is 5.64. The topological polar surface area (TPSA) is 76.7 Å². The van der Waals surface area contributed by atoms with Gasteiger partial charge < -0.3 is 20.1 Å². The van der Waals surface area contributed by atoms with Gasteiger partial charge in [-0.2, -0.15) is 0 Å². The lowest BCUT2D eigenvalue weighted by Gasteiger charge is -2.10. The van der Waals surface area contributed by atoms with Crippen LogP contribution in [0.25, 0.3) is 0 Å². The van der Waals surface area contributed by atoms with Gasteiger partial charge in [0.25, 0.3) is 11.8 Å². The lowest BCUT2D eigenvalue weighted by Crippen LogP contribution is -2.24. The summed E-state index contributed by atoms with van der Waals surface area (Å²) in [5.74, 6) is 0.629. The second-order valence-corrected chi connectivity index (χ2v) is 5.14. The third-order valence-corrected chi connectivity index (χ3v) is 3.16. The Labute approximate surface area is 140 Å². The van der Waals surface area contributed by atoms with Crippen LogP contribution in [0.2, 0.25) is 0 Å². The predicted octanol–water partition coefficient (Wildman–Crippen LogP) is 2.14. The van der Waals surface area contributed by atoms with Crippen LogP contribution in [0.3, 0.4) is 0 Å². The van der Waals surface area contributed by atoms with Crippen LogP contribution in [0.5, 0.6) is 11.5 Å². The first-order chi connectivity index (χ1) is 11.6. The van der Waals surface area contributed by atoms with Crippen molar-refractivity contribution in [3.63, 3.8) is 0 Å². The van der Waals surface area contributed by atoms with Gasteiger partial charge >= 0.3 is 0 Å². The zero-order valence-corrected chi connectivity index (χ0v) is 13.7. The van der Waals surface area contributed by atoms with E-state index >= 15 is 0 Å². The molecule has 2 aromatic carbocycles. The van der Waals surface area contributed by atoms with Crippen LogP contribution in [0, 0.1) is 6.92 Å². The highest BCUT2D eigenvalue weighted by Crippen LogP contribution is 2.17. The molecule has 2 rings (SSSR count). The molecule has 0 unspecified atom stereocenters.